The number of likely N-dealkylation sites (tertiary alicyclic amines) is 1. The van der Waals surface area contributed by atoms with E-state index in [1.165, 1.54) is 12.1 Å². The smallest absolute Gasteiger partial charge is 0.313 e. The number of hydrogen-bond donors (Lipinski definition) is 0. The molecule has 3 heterocycles. The molecule has 1 saturated carbocycles. The van der Waals surface area contributed by atoms with Crippen molar-refractivity contribution in [1.82, 2.24) is 29.6 Å². The summed E-state index contributed by atoms with van der Waals surface area (Å²) in [4.78, 5) is 11.1. The number of piperidine rings is 1. The molecule has 1 aliphatic carbocycles. The molecule has 6 nitrogen and oxygen atoms in total. The molecule has 3 aromatic rings. The summed E-state index contributed by atoms with van der Waals surface area (Å²) in [6, 6.07) is 5.80. The van der Waals surface area contributed by atoms with Gasteiger partial charge in [0.2, 0.25) is 0 Å². The highest BCUT2D eigenvalue weighted by molar-refractivity contribution is 5.85. The van der Waals surface area contributed by atoms with Crippen LogP contribution < -0.4 is 0 Å². The zero-order valence-corrected chi connectivity index (χ0v) is 20.0. The van der Waals surface area contributed by atoms with Crippen LogP contribution in [0.5, 0.6) is 0 Å². The van der Waals surface area contributed by atoms with Crippen LogP contribution in [-0.4, -0.2) is 49.3 Å². The number of aromatic nitrogens is 5. The fourth-order valence-corrected chi connectivity index (χ4v) is 5.12. The van der Waals surface area contributed by atoms with Crippen LogP contribution in [0.2, 0.25) is 0 Å². The lowest BCUT2D eigenvalue weighted by Gasteiger charge is -2.21. The number of halogens is 4. The molecule has 0 bridgehead atoms. The van der Waals surface area contributed by atoms with Crippen LogP contribution in [0.3, 0.4) is 0 Å². The first-order chi connectivity index (χ1) is 15.8. The Kier molecular flexibility index (Phi) is 6.70. The van der Waals surface area contributed by atoms with Crippen molar-refractivity contribution in [1.29, 1.82) is 0 Å². The van der Waals surface area contributed by atoms with Gasteiger partial charge in [0.15, 0.2) is 5.82 Å². The van der Waals surface area contributed by atoms with Gasteiger partial charge in [0.25, 0.3) is 0 Å². The third-order valence-corrected chi connectivity index (χ3v) is 7.10. The van der Waals surface area contributed by atoms with Crippen LogP contribution in [0.4, 0.5) is 13.2 Å². The van der Waals surface area contributed by atoms with Gasteiger partial charge >= 0.3 is 6.18 Å². The predicted octanol–water partition coefficient (Wildman–Crippen LogP) is 4.62. The van der Waals surface area contributed by atoms with Gasteiger partial charge in [-0.15, -0.1) is 22.6 Å². The molecule has 1 aromatic carbocycles. The van der Waals surface area contributed by atoms with Crippen molar-refractivity contribution in [2.75, 3.05) is 19.6 Å². The summed E-state index contributed by atoms with van der Waals surface area (Å²) in [6.07, 6.45) is 3.12. The quantitative estimate of drug-likeness (QED) is 0.450. The van der Waals surface area contributed by atoms with Crippen LogP contribution in [-0.2, 0) is 25.1 Å². The van der Waals surface area contributed by atoms with E-state index in [1.807, 2.05) is 18.5 Å². The number of fused-ring (bicyclic) bond motifs is 1. The van der Waals surface area contributed by atoms with Gasteiger partial charge in [0.05, 0.1) is 17.5 Å². The molecule has 0 radical (unpaired) electrons. The van der Waals surface area contributed by atoms with Crippen molar-refractivity contribution in [2.45, 2.75) is 44.2 Å². The molecule has 0 spiro atoms. The Morgan fingerprint density at radius 3 is 2.50 bits per heavy atom. The van der Waals surface area contributed by atoms with Crippen LogP contribution in [0.1, 0.15) is 41.9 Å². The molecular weight excluding hydrogens is 465 g/mol. The Morgan fingerprint density at radius 2 is 1.82 bits per heavy atom. The highest BCUT2D eigenvalue weighted by Gasteiger charge is 2.60. The summed E-state index contributed by atoms with van der Waals surface area (Å²) in [5.74, 6) is 2.21. The molecule has 34 heavy (non-hydrogen) atoms. The Bertz CT molecular complexity index is 1130. The van der Waals surface area contributed by atoms with Gasteiger partial charge in [-0.1, -0.05) is 12.1 Å². The minimum atomic E-state index is -4.28. The van der Waals surface area contributed by atoms with Gasteiger partial charge in [-0.3, -0.25) is 4.98 Å². The van der Waals surface area contributed by atoms with E-state index in [1.54, 1.807) is 24.5 Å². The molecular formula is C24H28ClF3N6. The second-order valence-corrected chi connectivity index (χ2v) is 9.37. The first kappa shape index (κ1) is 24.6. The lowest BCUT2D eigenvalue weighted by Crippen LogP contribution is -2.27. The van der Waals surface area contributed by atoms with E-state index in [4.69, 9.17) is 0 Å². The Hall–Kier alpha value is -2.52. The summed E-state index contributed by atoms with van der Waals surface area (Å²) in [6.45, 7) is 4.85. The minimum Gasteiger partial charge on any atom is -0.313 e. The number of nitrogens with zero attached hydrogens (tertiary/aromatic N) is 6. The maximum atomic E-state index is 12.9. The number of aryl methyl sites for hydroxylation is 2. The molecule has 1 saturated heterocycles. The van der Waals surface area contributed by atoms with Crippen molar-refractivity contribution in [3.05, 3.63) is 59.3 Å². The van der Waals surface area contributed by atoms with Gasteiger partial charge in [-0.2, -0.15) is 13.2 Å². The Labute approximate surface area is 203 Å². The van der Waals surface area contributed by atoms with Gasteiger partial charge in [-0.25, -0.2) is 4.98 Å². The summed E-state index contributed by atoms with van der Waals surface area (Å²) < 4.78 is 40.6. The fourth-order valence-electron chi connectivity index (χ4n) is 5.12. The van der Waals surface area contributed by atoms with Crippen molar-refractivity contribution in [3.8, 4) is 11.5 Å². The average molecular weight is 493 g/mol. The lowest BCUT2D eigenvalue weighted by atomic mass is 9.94. The molecule has 2 atom stereocenters. The number of hydrogen-bond acceptors (Lipinski definition) is 5. The van der Waals surface area contributed by atoms with E-state index in [0.717, 1.165) is 68.2 Å². The average Bonchev–Trinajstić information content (AvgIpc) is 3.16. The fraction of sp³-hybridized carbons (Fsp3) is 0.500. The van der Waals surface area contributed by atoms with Crippen molar-refractivity contribution in [2.24, 2.45) is 13.0 Å². The van der Waals surface area contributed by atoms with Gasteiger partial charge in [0, 0.05) is 38.2 Å². The summed E-state index contributed by atoms with van der Waals surface area (Å²) in [7, 11) is 1.95. The second kappa shape index (κ2) is 9.26. The van der Waals surface area contributed by atoms with E-state index in [9.17, 15) is 13.2 Å². The summed E-state index contributed by atoms with van der Waals surface area (Å²) in [5, 5.41) is 8.61. The van der Waals surface area contributed by atoms with E-state index in [0.29, 0.717) is 11.6 Å². The highest BCUT2D eigenvalue weighted by Crippen LogP contribution is 2.59. The first-order valence-electron chi connectivity index (χ1n) is 11.3. The highest BCUT2D eigenvalue weighted by atomic mass is 35.5. The summed E-state index contributed by atoms with van der Waals surface area (Å²) in [5.41, 5.74) is 2.11. The van der Waals surface area contributed by atoms with E-state index in [2.05, 4.69) is 25.1 Å². The molecule has 1 aliphatic heterocycles. The normalized spacial score (nSPS) is 21.9. The molecule has 0 unspecified atom stereocenters. The van der Waals surface area contributed by atoms with E-state index in [-0.39, 0.29) is 17.8 Å². The largest absolute Gasteiger partial charge is 0.416 e. The third-order valence-electron chi connectivity index (χ3n) is 7.10. The first-order valence-corrected chi connectivity index (χ1v) is 11.3. The Morgan fingerprint density at radius 1 is 1.06 bits per heavy atom. The number of alkyl halides is 3. The predicted molar refractivity (Wildman–Crippen MR) is 125 cm³/mol. The molecule has 0 N–H and O–H groups in total. The minimum absolute atomic E-state index is 0. The summed E-state index contributed by atoms with van der Waals surface area (Å²) >= 11 is 0. The molecule has 182 valence electrons. The molecule has 5 rings (SSSR count). The number of unbranched alkanes of at least 4 members (excludes halogenated alkanes) is 1. The zero-order valence-electron chi connectivity index (χ0n) is 19.2. The monoisotopic (exact) mass is 492 g/mol. The topological polar surface area (TPSA) is 59.7 Å². The zero-order chi connectivity index (χ0) is 23.2. The number of benzene rings is 1. The van der Waals surface area contributed by atoms with Gasteiger partial charge < -0.3 is 9.47 Å². The SMILES string of the molecule is Cc1cnc(-c2nnc(CCCCN3C[C@@H]4C[C@]4(c4ccc(C(F)(F)F)cc4)C3)n2C)cn1.Cl. The molecule has 2 aliphatic rings. The third kappa shape index (κ3) is 4.68. The van der Waals surface area contributed by atoms with Crippen LogP contribution >= 0.6 is 12.4 Å². The molecule has 2 aromatic heterocycles. The molecule has 0 amide bonds. The van der Waals surface area contributed by atoms with Crippen LogP contribution in [0, 0.1) is 12.8 Å². The van der Waals surface area contributed by atoms with Gasteiger partial charge in [-0.05, 0) is 56.3 Å². The number of rotatable bonds is 7. The van der Waals surface area contributed by atoms with E-state index >= 15 is 0 Å². The molecule has 10 heteroatoms. The lowest BCUT2D eigenvalue weighted by molar-refractivity contribution is -0.137. The maximum absolute atomic E-state index is 12.9. The molecule has 2 fully saturated rings. The van der Waals surface area contributed by atoms with Crippen molar-refractivity contribution >= 4 is 12.4 Å². The second-order valence-electron chi connectivity index (χ2n) is 9.37. The van der Waals surface area contributed by atoms with Crippen LogP contribution in [0.25, 0.3) is 11.5 Å². The van der Waals surface area contributed by atoms with Crippen molar-refractivity contribution < 1.29 is 13.2 Å². The van der Waals surface area contributed by atoms with E-state index < -0.39 is 11.7 Å². The standard InChI is InChI=1S/C24H27F3N6.ClH/c1-16-12-29-20(13-28-16)22-31-30-21(32(22)2)5-3-4-10-33-14-19-11-23(19,15-33)17-6-8-18(9-7-17)24(25,26)27;/h6-9,12-13,19H,3-5,10-11,14-15H2,1-2H3;1H/t19-,23+;/m0./s1. The van der Waals surface area contributed by atoms with Gasteiger partial charge in [0.1, 0.15) is 11.5 Å². The maximum Gasteiger partial charge on any atom is 0.416 e. The Balaban J connectivity index is 0.00000274. The van der Waals surface area contributed by atoms with Crippen LogP contribution in [0.15, 0.2) is 36.7 Å². The van der Waals surface area contributed by atoms with Crippen molar-refractivity contribution in [3.63, 3.8) is 0 Å².